The van der Waals surface area contributed by atoms with Gasteiger partial charge in [0.05, 0.1) is 12.2 Å². The highest BCUT2D eigenvalue weighted by Gasteiger charge is 2.26. The molecule has 0 radical (unpaired) electrons. The summed E-state index contributed by atoms with van der Waals surface area (Å²) in [6, 6.07) is 1.79. The average Bonchev–Trinajstić information content (AvgIpc) is 2.60. The summed E-state index contributed by atoms with van der Waals surface area (Å²) in [5.41, 5.74) is 6.55. The number of ketones is 1. The molecule has 0 aromatic heterocycles. The lowest BCUT2D eigenvalue weighted by Crippen LogP contribution is -2.51. The van der Waals surface area contributed by atoms with Crippen molar-refractivity contribution in [3.8, 4) is 0 Å². The lowest BCUT2D eigenvalue weighted by Gasteiger charge is -2.32. The van der Waals surface area contributed by atoms with Crippen molar-refractivity contribution >= 4 is 55.2 Å². The van der Waals surface area contributed by atoms with E-state index in [1.54, 1.807) is 0 Å². The van der Waals surface area contributed by atoms with E-state index in [-0.39, 0.29) is 13.0 Å². The Kier molecular flexibility index (Phi) is 7.78. The smallest absolute Gasteiger partial charge is 0.326 e. The van der Waals surface area contributed by atoms with E-state index in [9.17, 15) is 19.5 Å². The van der Waals surface area contributed by atoms with Crippen molar-refractivity contribution < 1.29 is 19.5 Å². The molecule has 1 aromatic carbocycles. The zero-order valence-electron chi connectivity index (χ0n) is 14.9. The number of carboxylic acids is 1. The molecule has 148 valence electrons. The molecular formula is C17H22Br2N4O4. The molecule has 1 amide bonds. The molecule has 27 heavy (non-hydrogen) atoms. The molecule has 1 heterocycles. The number of rotatable bonds is 7. The topological polar surface area (TPSA) is 116 Å². The highest BCUT2D eigenvalue weighted by atomic mass is 79.9. The van der Waals surface area contributed by atoms with Crippen molar-refractivity contribution in [2.45, 2.75) is 12.5 Å². The van der Waals surface area contributed by atoms with Gasteiger partial charge in [-0.05, 0) is 51.0 Å². The third-order valence-electron chi connectivity index (χ3n) is 4.39. The molecule has 10 heteroatoms. The minimum absolute atomic E-state index is 0.116. The van der Waals surface area contributed by atoms with Gasteiger partial charge in [-0.15, -0.1) is 0 Å². The first-order chi connectivity index (χ1) is 12.7. The normalized spacial score (nSPS) is 16.7. The number of carbonyl (C=O) groups is 3. The number of amides is 1. The fraction of sp³-hybridized carbons (Fsp3) is 0.471. The van der Waals surface area contributed by atoms with Crippen LogP contribution in [0.2, 0.25) is 0 Å². The van der Waals surface area contributed by atoms with E-state index in [4.69, 9.17) is 5.73 Å². The number of carboxylic acid groups (broad SMARTS) is 1. The first kappa shape index (κ1) is 21.8. The van der Waals surface area contributed by atoms with Gasteiger partial charge >= 0.3 is 5.97 Å². The standard InChI is InChI=1S/C17H22Br2N4O4/c1-22-2-4-23(5-3-22)9-15(25)21-13(17(26)27)8-14(24)10-6-11(18)16(20)12(19)7-10/h6-7,13H,2-5,8-9,20H2,1H3,(H,21,25)(H,26,27). The minimum Gasteiger partial charge on any atom is -0.480 e. The fourth-order valence-corrected chi connectivity index (χ4v) is 3.88. The molecule has 1 aliphatic heterocycles. The van der Waals surface area contributed by atoms with Gasteiger partial charge in [0.25, 0.3) is 0 Å². The van der Waals surface area contributed by atoms with Crippen LogP contribution < -0.4 is 11.1 Å². The van der Waals surface area contributed by atoms with Crippen LogP contribution in [0.1, 0.15) is 16.8 Å². The molecule has 0 aliphatic carbocycles. The van der Waals surface area contributed by atoms with Crippen molar-refractivity contribution in [2.75, 3.05) is 45.5 Å². The molecule has 0 saturated carbocycles. The van der Waals surface area contributed by atoms with Gasteiger partial charge in [0.15, 0.2) is 5.78 Å². The van der Waals surface area contributed by atoms with Crippen LogP contribution in [0.15, 0.2) is 21.1 Å². The summed E-state index contributed by atoms with van der Waals surface area (Å²) in [4.78, 5) is 40.3. The fourth-order valence-electron chi connectivity index (χ4n) is 2.70. The second-order valence-electron chi connectivity index (χ2n) is 6.52. The van der Waals surface area contributed by atoms with Crippen LogP contribution in [0.25, 0.3) is 0 Å². The van der Waals surface area contributed by atoms with E-state index in [1.807, 2.05) is 11.9 Å². The third kappa shape index (κ3) is 6.27. The monoisotopic (exact) mass is 504 g/mol. The SMILES string of the molecule is CN1CCN(CC(=O)NC(CC(=O)c2cc(Br)c(N)c(Br)c2)C(=O)O)CC1. The number of halogens is 2. The first-order valence-corrected chi connectivity index (χ1v) is 9.96. The maximum atomic E-state index is 12.5. The Labute approximate surface area is 174 Å². The summed E-state index contributed by atoms with van der Waals surface area (Å²) in [6.07, 6.45) is -0.341. The molecule has 1 fully saturated rings. The summed E-state index contributed by atoms with van der Waals surface area (Å²) in [7, 11) is 2.01. The number of nitrogen functional groups attached to an aromatic ring is 1. The number of anilines is 1. The number of nitrogens with one attached hydrogen (secondary N) is 1. The molecule has 1 aromatic rings. The Morgan fingerprint density at radius 1 is 1.19 bits per heavy atom. The third-order valence-corrected chi connectivity index (χ3v) is 5.70. The molecule has 4 N–H and O–H groups in total. The predicted molar refractivity (Wildman–Crippen MR) is 109 cm³/mol. The zero-order valence-corrected chi connectivity index (χ0v) is 18.0. The summed E-state index contributed by atoms with van der Waals surface area (Å²) in [6.45, 7) is 3.32. The Hall–Kier alpha value is -1.49. The summed E-state index contributed by atoms with van der Waals surface area (Å²) >= 11 is 6.52. The molecule has 8 nitrogen and oxygen atoms in total. The van der Waals surface area contributed by atoms with Crippen molar-refractivity contribution in [1.29, 1.82) is 0 Å². The maximum absolute atomic E-state index is 12.5. The largest absolute Gasteiger partial charge is 0.480 e. The quantitative estimate of drug-likeness (QED) is 0.376. The number of benzene rings is 1. The van der Waals surface area contributed by atoms with Crippen molar-refractivity contribution in [1.82, 2.24) is 15.1 Å². The molecule has 1 saturated heterocycles. The molecular weight excluding hydrogens is 484 g/mol. The van der Waals surface area contributed by atoms with Gasteiger partial charge in [-0.2, -0.15) is 0 Å². The summed E-state index contributed by atoms with van der Waals surface area (Å²) in [5.74, 6) is -2.05. The summed E-state index contributed by atoms with van der Waals surface area (Å²) < 4.78 is 1.07. The molecule has 2 rings (SSSR count). The molecule has 1 aliphatic rings. The zero-order chi connectivity index (χ0) is 20.1. The second kappa shape index (κ2) is 9.63. The van der Waals surface area contributed by atoms with Crippen LogP contribution in [-0.2, 0) is 9.59 Å². The van der Waals surface area contributed by atoms with Crippen molar-refractivity contribution in [2.24, 2.45) is 0 Å². The highest BCUT2D eigenvalue weighted by molar-refractivity contribution is 9.11. The minimum atomic E-state index is -1.28. The predicted octanol–water partition coefficient (Wildman–Crippen LogP) is 1.18. The number of nitrogens with zero attached hydrogens (tertiary/aromatic N) is 2. The number of piperazine rings is 1. The number of hydrogen-bond acceptors (Lipinski definition) is 6. The average molecular weight is 506 g/mol. The van der Waals surface area contributed by atoms with Gasteiger partial charge in [-0.1, -0.05) is 0 Å². The Morgan fingerprint density at radius 3 is 2.26 bits per heavy atom. The number of hydrogen-bond donors (Lipinski definition) is 3. The number of aliphatic carboxylic acids is 1. The van der Waals surface area contributed by atoms with Gasteiger partial charge in [0, 0.05) is 47.1 Å². The van der Waals surface area contributed by atoms with Gasteiger partial charge < -0.3 is 21.1 Å². The van der Waals surface area contributed by atoms with Crippen LogP contribution in [0.4, 0.5) is 5.69 Å². The number of carbonyl (C=O) groups excluding carboxylic acids is 2. The van der Waals surface area contributed by atoms with Crippen molar-refractivity contribution in [3.63, 3.8) is 0 Å². The lowest BCUT2D eigenvalue weighted by molar-refractivity contribution is -0.142. The van der Waals surface area contributed by atoms with Gasteiger partial charge in [-0.25, -0.2) is 4.79 Å². The van der Waals surface area contributed by atoms with E-state index in [1.165, 1.54) is 12.1 Å². The Balaban J connectivity index is 1.97. The van der Waals surface area contributed by atoms with E-state index in [0.29, 0.717) is 20.2 Å². The van der Waals surface area contributed by atoms with Crippen LogP contribution in [-0.4, -0.2) is 78.4 Å². The van der Waals surface area contributed by atoms with E-state index in [0.717, 1.165) is 26.2 Å². The van der Waals surface area contributed by atoms with E-state index in [2.05, 4.69) is 42.1 Å². The summed E-state index contributed by atoms with van der Waals surface area (Å²) in [5, 5.41) is 11.8. The maximum Gasteiger partial charge on any atom is 0.326 e. The van der Waals surface area contributed by atoms with Gasteiger partial charge in [0.2, 0.25) is 5.91 Å². The number of likely N-dealkylation sites (N-methyl/N-ethyl adjacent to an activating group) is 1. The van der Waals surface area contributed by atoms with Crippen LogP contribution in [0.5, 0.6) is 0 Å². The highest BCUT2D eigenvalue weighted by Crippen LogP contribution is 2.30. The van der Waals surface area contributed by atoms with Gasteiger partial charge in [-0.3, -0.25) is 14.5 Å². The van der Waals surface area contributed by atoms with Crippen LogP contribution in [0, 0.1) is 0 Å². The Morgan fingerprint density at radius 2 is 1.74 bits per heavy atom. The first-order valence-electron chi connectivity index (χ1n) is 8.38. The van der Waals surface area contributed by atoms with Crippen LogP contribution >= 0.6 is 31.9 Å². The van der Waals surface area contributed by atoms with Gasteiger partial charge in [0.1, 0.15) is 6.04 Å². The lowest BCUT2D eigenvalue weighted by atomic mass is 10.0. The Bertz CT molecular complexity index is 713. The van der Waals surface area contributed by atoms with Crippen molar-refractivity contribution in [3.05, 3.63) is 26.6 Å². The number of nitrogens with two attached hydrogens (primary N) is 1. The molecule has 0 spiro atoms. The molecule has 1 unspecified atom stereocenters. The van der Waals surface area contributed by atoms with E-state index >= 15 is 0 Å². The number of Topliss-reactive ketones (excluding diaryl/α,β-unsaturated/α-hetero) is 1. The van der Waals surface area contributed by atoms with Crippen LogP contribution in [0.3, 0.4) is 0 Å². The second-order valence-corrected chi connectivity index (χ2v) is 8.23. The van der Waals surface area contributed by atoms with E-state index < -0.39 is 23.7 Å². The molecule has 0 bridgehead atoms. The molecule has 1 atom stereocenters.